The number of rotatable bonds is 24. The molecular weight excluding hydrogens is 484 g/mol. The Labute approximate surface area is 226 Å². The summed E-state index contributed by atoms with van der Waals surface area (Å²) in [5, 5.41) is 0. The lowest BCUT2D eigenvalue weighted by Gasteiger charge is -2.58. The van der Waals surface area contributed by atoms with E-state index in [1.54, 1.807) is 0 Å². The van der Waals surface area contributed by atoms with Crippen molar-refractivity contribution < 1.29 is 0 Å². The number of hydrogen-bond acceptors (Lipinski definition) is 0. The van der Waals surface area contributed by atoms with Gasteiger partial charge < -0.3 is 0 Å². The molecule has 0 bridgehead atoms. The largest absolute Gasteiger partial charge is 0.126 e. The van der Waals surface area contributed by atoms with Gasteiger partial charge in [-0.25, -0.2) is 0 Å². The third kappa shape index (κ3) is 13.0. The minimum atomic E-state index is -0.193. The molecule has 4 heteroatoms. The van der Waals surface area contributed by atoms with Crippen molar-refractivity contribution in [3.63, 3.8) is 0 Å². The third-order valence-corrected chi connectivity index (χ3v) is 15.9. The molecule has 34 heavy (non-hydrogen) atoms. The van der Waals surface area contributed by atoms with Crippen molar-refractivity contribution >= 4 is 35.6 Å². The lowest BCUT2D eigenvalue weighted by Crippen LogP contribution is -2.40. The van der Waals surface area contributed by atoms with Crippen LogP contribution in [0.1, 0.15) is 176 Å². The Balaban J connectivity index is 6.62. The summed E-state index contributed by atoms with van der Waals surface area (Å²) < 4.78 is 0. The average molecular weight is 551 g/mol. The van der Waals surface area contributed by atoms with Gasteiger partial charge in [-0.05, 0) is 38.5 Å². The van der Waals surface area contributed by atoms with Gasteiger partial charge in [-0.15, -0.1) is 27.7 Å². The fraction of sp³-hybridized carbons (Fsp3) is 1.00. The fourth-order valence-electron chi connectivity index (χ4n) is 5.87. The monoisotopic (exact) mass is 550 g/mol. The Morgan fingerprint density at radius 2 is 0.559 bits per heavy atom. The molecule has 0 saturated heterocycles. The molecule has 0 rings (SSSR count). The maximum atomic E-state index is 3.61. The standard InChI is InChI=1S/C30H66P4/c1-7-13-19-25-28(31,22-16-10-4)34(29(32,23-17-11-5)26-20-14-8-2)30(33,24-18-12-6)27-21-15-9-3/h7-27,31-33H2,1-6H3. The molecule has 0 aromatic heterocycles. The Kier molecular flexibility index (Phi) is 21.7. The van der Waals surface area contributed by atoms with Gasteiger partial charge in [0.25, 0.3) is 0 Å². The first-order valence-corrected chi connectivity index (χ1v) is 18.5. The zero-order chi connectivity index (χ0) is 25.9. The molecular formula is C30H66P4. The zero-order valence-corrected chi connectivity index (χ0v) is 28.9. The quantitative estimate of drug-likeness (QED) is 0.0828. The van der Waals surface area contributed by atoms with E-state index in [9.17, 15) is 0 Å². The van der Waals surface area contributed by atoms with Gasteiger partial charge in [0, 0.05) is 14.7 Å². The highest BCUT2D eigenvalue weighted by molar-refractivity contribution is 7.78. The molecule has 0 amide bonds. The second-order valence-electron chi connectivity index (χ2n) is 11.3. The van der Waals surface area contributed by atoms with Crippen molar-refractivity contribution in [2.24, 2.45) is 0 Å². The van der Waals surface area contributed by atoms with Crippen LogP contribution in [-0.4, -0.2) is 14.7 Å². The molecule has 0 saturated carbocycles. The Morgan fingerprint density at radius 1 is 0.353 bits per heavy atom. The van der Waals surface area contributed by atoms with E-state index in [0.29, 0.717) is 14.7 Å². The highest BCUT2D eigenvalue weighted by Crippen LogP contribution is 2.80. The molecule has 0 aliphatic heterocycles. The first-order chi connectivity index (χ1) is 16.2. The molecule has 0 fully saturated rings. The van der Waals surface area contributed by atoms with Crippen LogP contribution < -0.4 is 0 Å². The molecule has 0 N–H and O–H groups in total. The van der Waals surface area contributed by atoms with E-state index in [1.807, 2.05) is 0 Å². The molecule has 0 nitrogen and oxygen atoms in total. The highest BCUT2D eigenvalue weighted by Gasteiger charge is 2.52. The Bertz CT molecular complexity index is 404. The summed E-state index contributed by atoms with van der Waals surface area (Å²) >= 11 is 0. The highest BCUT2D eigenvalue weighted by atomic mass is 31.2. The number of hydrogen-bond donors (Lipinski definition) is 0. The maximum absolute atomic E-state index is 3.61. The van der Waals surface area contributed by atoms with Crippen molar-refractivity contribution in [3.8, 4) is 0 Å². The summed E-state index contributed by atoms with van der Waals surface area (Å²) in [6.45, 7) is 14.3. The zero-order valence-electron chi connectivity index (χ0n) is 24.5. The normalized spacial score (nSPS) is 18.3. The summed E-state index contributed by atoms with van der Waals surface area (Å²) in [7, 11) is 10.6. The minimum absolute atomic E-state index is 0.193. The van der Waals surface area contributed by atoms with Crippen molar-refractivity contribution in [1.82, 2.24) is 0 Å². The molecule has 0 aromatic carbocycles. The van der Waals surface area contributed by atoms with Gasteiger partial charge in [0.05, 0.1) is 0 Å². The van der Waals surface area contributed by atoms with E-state index < -0.39 is 0 Å². The lowest BCUT2D eigenvalue weighted by atomic mass is 10.1. The molecule has 0 spiro atoms. The molecule has 6 unspecified atom stereocenters. The van der Waals surface area contributed by atoms with Crippen LogP contribution in [0.25, 0.3) is 0 Å². The van der Waals surface area contributed by atoms with Gasteiger partial charge in [-0.2, -0.15) is 0 Å². The number of unbranched alkanes of at least 4 members (excludes halogenated alkanes) is 9. The van der Waals surface area contributed by atoms with E-state index in [-0.39, 0.29) is 7.92 Å². The van der Waals surface area contributed by atoms with Gasteiger partial charge in [0.1, 0.15) is 0 Å². The van der Waals surface area contributed by atoms with Crippen LogP contribution >= 0.6 is 35.6 Å². The summed E-state index contributed by atoms with van der Waals surface area (Å²) in [6, 6.07) is 0. The predicted molar refractivity (Wildman–Crippen MR) is 175 cm³/mol. The lowest BCUT2D eigenvalue weighted by molar-refractivity contribution is 0.497. The molecule has 0 aliphatic rings. The molecule has 0 aliphatic carbocycles. The first kappa shape index (κ1) is 35.7. The summed E-state index contributed by atoms with van der Waals surface area (Å²) in [5.41, 5.74) is 0. The van der Waals surface area contributed by atoms with Crippen molar-refractivity contribution in [2.45, 2.75) is 191 Å². The van der Waals surface area contributed by atoms with E-state index in [4.69, 9.17) is 0 Å². The predicted octanol–water partition coefficient (Wildman–Crippen LogP) is 12.5. The van der Waals surface area contributed by atoms with Crippen LogP contribution in [0.3, 0.4) is 0 Å². The van der Waals surface area contributed by atoms with Crippen LogP contribution in [0, 0.1) is 0 Å². The van der Waals surface area contributed by atoms with E-state index in [1.165, 1.54) is 135 Å². The van der Waals surface area contributed by atoms with E-state index in [2.05, 4.69) is 69.3 Å². The Morgan fingerprint density at radius 3 is 0.765 bits per heavy atom. The summed E-state index contributed by atoms with van der Waals surface area (Å²) in [4.78, 5) is 1.26. The van der Waals surface area contributed by atoms with E-state index in [0.717, 1.165) is 0 Å². The second-order valence-corrected chi connectivity index (χ2v) is 19.4. The Hall–Kier alpha value is 1.72. The second kappa shape index (κ2) is 20.7. The van der Waals surface area contributed by atoms with Crippen LogP contribution in [-0.2, 0) is 0 Å². The van der Waals surface area contributed by atoms with Crippen LogP contribution in [0.5, 0.6) is 0 Å². The van der Waals surface area contributed by atoms with Crippen LogP contribution in [0.15, 0.2) is 0 Å². The van der Waals surface area contributed by atoms with Crippen LogP contribution in [0.2, 0.25) is 0 Å². The summed E-state index contributed by atoms with van der Waals surface area (Å²) in [6.07, 6.45) is 29.1. The maximum Gasteiger partial charge on any atom is 0.00654 e. The molecule has 206 valence electrons. The third-order valence-electron chi connectivity index (χ3n) is 7.87. The summed E-state index contributed by atoms with van der Waals surface area (Å²) in [5.74, 6) is 0. The van der Waals surface area contributed by atoms with Gasteiger partial charge >= 0.3 is 0 Å². The van der Waals surface area contributed by atoms with Gasteiger partial charge in [0.2, 0.25) is 0 Å². The topological polar surface area (TPSA) is 0 Å². The van der Waals surface area contributed by atoms with Crippen molar-refractivity contribution in [2.75, 3.05) is 0 Å². The van der Waals surface area contributed by atoms with Crippen molar-refractivity contribution in [1.29, 1.82) is 0 Å². The molecule has 0 radical (unpaired) electrons. The molecule has 6 atom stereocenters. The molecule has 0 aromatic rings. The SMILES string of the molecule is CCCCCC(P)(CCCC)P(C(P)(CCCC)CCCCC)C(P)(CCCC)CCCCC. The van der Waals surface area contributed by atoms with E-state index >= 15 is 0 Å². The first-order valence-electron chi connectivity index (χ1n) is 15.4. The minimum Gasteiger partial charge on any atom is -0.126 e. The average Bonchev–Trinajstić information content (AvgIpc) is 2.81. The van der Waals surface area contributed by atoms with Crippen molar-refractivity contribution in [3.05, 3.63) is 0 Å². The smallest absolute Gasteiger partial charge is 0.00654 e. The van der Waals surface area contributed by atoms with Gasteiger partial charge in [-0.3, -0.25) is 0 Å². The van der Waals surface area contributed by atoms with Crippen LogP contribution in [0.4, 0.5) is 0 Å². The fourth-order valence-corrected chi connectivity index (χ4v) is 18.0. The van der Waals surface area contributed by atoms with Gasteiger partial charge in [-0.1, -0.05) is 146 Å². The molecule has 0 heterocycles. The van der Waals surface area contributed by atoms with Gasteiger partial charge in [0.15, 0.2) is 0 Å².